The Labute approximate surface area is 109 Å². The van der Waals surface area contributed by atoms with E-state index in [1.54, 1.807) is 16.3 Å². The molecule has 1 aliphatic carbocycles. The van der Waals surface area contributed by atoms with Crippen molar-refractivity contribution in [1.29, 1.82) is 0 Å². The second kappa shape index (κ2) is 4.46. The van der Waals surface area contributed by atoms with E-state index in [2.05, 4.69) is 22.0 Å². The van der Waals surface area contributed by atoms with Crippen LogP contribution in [0.25, 0.3) is 5.78 Å². The summed E-state index contributed by atoms with van der Waals surface area (Å²) < 4.78 is 1.67. The fourth-order valence-electron chi connectivity index (χ4n) is 2.16. The second-order valence-corrected chi connectivity index (χ2v) is 5.66. The van der Waals surface area contributed by atoms with Crippen LogP contribution in [0.5, 0.6) is 0 Å². The highest BCUT2D eigenvalue weighted by molar-refractivity contribution is 7.99. The number of hydrogen-bond acceptors (Lipinski definition) is 4. The van der Waals surface area contributed by atoms with Crippen molar-refractivity contribution in [2.45, 2.75) is 37.8 Å². The van der Waals surface area contributed by atoms with E-state index in [9.17, 15) is 0 Å². The van der Waals surface area contributed by atoms with Crippen molar-refractivity contribution < 1.29 is 0 Å². The van der Waals surface area contributed by atoms with Gasteiger partial charge in [-0.25, -0.2) is 4.98 Å². The molecule has 1 aliphatic rings. The van der Waals surface area contributed by atoms with Crippen LogP contribution in [0.3, 0.4) is 0 Å². The van der Waals surface area contributed by atoms with E-state index >= 15 is 0 Å². The zero-order chi connectivity index (χ0) is 11.8. The van der Waals surface area contributed by atoms with Crippen LogP contribution in [0.1, 0.15) is 31.0 Å². The van der Waals surface area contributed by atoms with Crippen LogP contribution in [-0.4, -0.2) is 25.3 Å². The van der Waals surface area contributed by atoms with Gasteiger partial charge in [0.15, 0.2) is 0 Å². The van der Waals surface area contributed by atoms with Crippen molar-refractivity contribution in [2.75, 3.05) is 5.75 Å². The highest BCUT2D eigenvalue weighted by Crippen LogP contribution is 2.27. The van der Waals surface area contributed by atoms with Crippen LogP contribution in [0.15, 0.2) is 5.16 Å². The largest absolute Gasteiger partial charge is 0.254 e. The standard InChI is InChI=1S/C11H13ClN4S/c1-2-17-11-14-10-13-8-6-4-3-5-7(8)9(12)16(10)15-11/h2-6H2,1H3. The summed E-state index contributed by atoms with van der Waals surface area (Å²) in [5.74, 6) is 1.58. The molecule has 0 N–H and O–H groups in total. The minimum absolute atomic E-state index is 0.631. The number of aryl methyl sites for hydroxylation is 1. The molecule has 0 radical (unpaired) electrons. The first-order chi connectivity index (χ1) is 8.29. The van der Waals surface area contributed by atoms with Gasteiger partial charge in [-0.3, -0.25) is 0 Å². The predicted octanol–water partition coefficient (Wildman–Crippen LogP) is 2.77. The average molecular weight is 269 g/mol. The summed E-state index contributed by atoms with van der Waals surface area (Å²) >= 11 is 7.99. The van der Waals surface area contributed by atoms with E-state index in [1.165, 1.54) is 12.8 Å². The molecule has 4 nitrogen and oxygen atoms in total. The molecule has 0 amide bonds. The maximum absolute atomic E-state index is 6.38. The molecule has 0 aromatic carbocycles. The van der Waals surface area contributed by atoms with Crippen LogP contribution in [0.2, 0.25) is 5.15 Å². The van der Waals surface area contributed by atoms with Gasteiger partial charge in [0.05, 0.1) is 5.69 Å². The van der Waals surface area contributed by atoms with Crippen molar-refractivity contribution in [3.8, 4) is 0 Å². The topological polar surface area (TPSA) is 43.1 Å². The van der Waals surface area contributed by atoms with E-state index in [1.807, 2.05) is 0 Å². The SMILES string of the molecule is CCSc1nc2nc3c(c(Cl)n2n1)CCCC3. The van der Waals surface area contributed by atoms with Gasteiger partial charge in [-0.2, -0.15) is 9.50 Å². The number of rotatable bonds is 2. The van der Waals surface area contributed by atoms with Gasteiger partial charge in [0.1, 0.15) is 5.15 Å². The Morgan fingerprint density at radius 1 is 1.29 bits per heavy atom. The third-order valence-electron chi connectivity index (χ3n) is 2.95. The predicted molar refractivity (Wildman–Crippen MR) is 68.8 cm³/mol. The fourth-order valence-corrected chi connectivity index (χ4v) is 3.02. The number of nitrogens with zero attached hydrogens (tertiary/aromatic N) is 4. The zero-order valence-corrected chi connectivity index (χ0v) is 11.2. The normalized spacial score (nSPS) is 15.2. The summed E-state index contributed by atoms with van der Waals surface area (Å²) in [5, 5.41) is 5.83. The average Bonchev–Trinajstić information content (AvgIpc) is 2.73. The summed E-state index contributed by atoms with van der Waals surface area (Å²) in [4.78, 5) is 8.96. The highest BCUT2D eigenvalue weighted by atomic mass is 35.5. The lowest BCUT2D eigenvalue weighted by molar-refractivity contribution is 0.659. The molecule has 6 heteroatoms. The lowest BCUT2D eigenvalue weighted by Crippen LogP contribution is -2.10. The molecular weight excluding hydrogens is 256 g/mol. The Morgan fingerprint density at radius 3 is 2.94 bits per heavy atom. The van der Waals surface area contributed by atoms with Crippen molar-refractivity contribution in [3.05, 3.63) is 16.4 Å². The molecule has 3 rings (SSSR count). The first-order valence-corrected chi connectivity index (χ1v) is 7.22. The molecular formula is C11H13ClN4S. The van der Waals surface area contributed by atoms with Gasteiger partial charge >= 0.3 is 0 Å². The van der Waals surface area contributed by atoms with Crippen LogP contribution >= 0.6 is 23.4 Å². The Kier molecular flexibility index (Phi) is 2.96. The summed E-state index contributed by atoms with van der Waals surface area (Å²) in [6, 6.07) is 0. The van der Waals surface area contributed by atoms with Gasteiger partial charge < -0.3 is 0 Å². The van der Waals surface area contributed by atoms with Gasteiger partial charge in [-0.1, -0.05) is 30.3 Å². The van der Waals surface area contributed by atoms with Crippen LogP contribution in [0, 0.1) is 0 Å². The summed E-state index contributed by atoms with van der Waals surface area (Å²) in [5.41, 5.74) is 2.26. The summed E-state index contributed by atoms with van der Waals surface area (Å²) in [7, 11) is 0. The lowest BCUT2D eigenvalue weighted by Gasteiger charge is -2.15. The van der Waals surface area contributed by atoms with Crippen LogP contribution in [-0.2, 0) is 12.8 Å². The van der Waals surface area contributed by atoms with Crippen molar-refractivity contribution in [2.24, 2.45) is 0 Å². The van der Waals surface area contributed by atoms with E-state index < -0.39 is 0 Å². The number of thioether (sulfide) groups is 1. The summed E-state index contributed by atoms with van der Waals surface area (Å²) in [6.07, 6.45) is 4.39. The van der Waals surface area contributed by atoms with E-state index in [0.717, 1.165) is 35.0 Å². The monoisotopic (exact) mass is 268 g/mol. The molecule has 0 saturated carbocycles. The number of hydrogen-bond donors (Lipinski definition) is 0. The quantitative estimate of drug-likeness (QED) is 0.621. The molecule has 0 fully saturated rings. The van der Waals surface area contributed by atoms with Crippen LogP contribution < -0.4 is 0 Å². The first-order valence-electron chi connectivity index (χ1n) is 5.86. The third-order valence-corrected chi connectivity index (χ3v) is 4.06. The molecule has 0 aliphatic heterocycles. The van der Waals surface area contributed by atoms with Gasteiger partial charge in [0.2, 0.25) is 5.16 Å². The van der Waals surface area contributed by atoms with Crippen molar-refractivity contribution in [1.82, 2.24) is 19.6 Å². The highest BCUT2D eigenvalue weighted by Gasteiger charge is 2.19. The smallest absolute Gasteiger partial charge is 0.216 e. The lowest BCUT2D eigenvalue weighted by atomic mass is 9.97. The molecule has 0 bridgehead atoms. The Bertz CT molecular complexity index is 566. The molecule has 0 saturated heterocycles. The van der Waals surface area contributed by atoms with Crippen LogP contribution in [0.4, 0.5) is 0 Å². The van der Waals surface area contributed by atoms with Crippen molar-refractivity contribution >= 4 is 29.1 Å². The summed E-state index contributed by atoms with van der Waals surface area (Å²) in [6.45, 7) is 2.08. The maximum atomic E-state index is 6.38. The molecule has 0 unspecified atom stereocenters. The number of fused-ring (bicyclic) bond motifs is 2. The zero-order valence-electron chi connectivity index (χ0n) is 9.61. The third kappa shape index (κ3) is 1.91. The Balaban J connectivity index is 2.18. The minimum atomic E-state index is 0.631. The molecule has 0 atom stereocenters. The molecule has 2 aromatic rings. The molecule has 17 heavy (non-hydrogen) atoms. The molecule has 2 heterocycles. The maximum Gasteiger partial charge on any atom is 0.254 e. The fraction of sp³-hybridized carbons (Fsp3) is 0.545. The minimum Gasteiger partial charge on any atom is -0.216 e. The van der Waals surface area contributed by atoms with Gasteiger partial charge in [0.25, 0.3) is 5.78 Å². The Hall–Kier alpha value is -0.810. The molecule has 2 aromatic heterocycles. The van der Waals surface area contributed by atoms with Crippen molar-refractivity contribution in [3.63, 3.8) is 0 Å². The van der Waals surface area contributed by atoms with E-state index in [4.69, 9.17) is 11.6 Å². The van der Waals surface area contributed by atoms with Gasteiger partial charge in [-0.05, 0) is 31.4 Å². The van der Waals surface area contributed by atoms with E-state index in [0.29, 0.717) is 10.9 Å². The Morgan fingerprint density at radius 2 is 2.12 bits per heavy atom. The second-order valence-electron chi connectivity index (χ2n) is 4.07. The number of aromatic nitrogens is 4. The first kappa shape index (κ1) is 11.3. The van der Waals surface area contributed by atoms with Gasteiger partial charge in [-0.15, -0.1) is 5.10 Å². The van der Waals surface area contributed by atoms with Gasteiger partial charge in [0, 0.05) is 5.56 Å². The molecule has 0 spiro atoms. The molecule has 90 valence electrons. The number of halogens is 1. The van der Waals surface area contributed by atoms with E-state index in [-0.39, 0.29) is 0 Å².